The van der Waals surface area contributed by atoms with Gasteiger partial charge in [0.1, 0.15) is 0 Å². The third kappa shape index (κ3) is 5.84. The molecule has 0 aliphatic heterocycles. The lowest BCUT2D eigenvalue weighted by Gasteiger charge is -2.20. The molecule has 1 rings (SSSR count). The molecule has 0 saturated carbocycles. The average Bonchev–Trinajstić information content (AvgIpc) is 2.45. The first-order chi connectivity index (χ1) is 9.17. The number of ether oxygens (including phenoxy) is 2. The average molecular weight is 263 g/mol. The van der Waals surface area contributed by atoms with Crippen molar-refractivity contribution >= 4 is 0 Å². The monoisotopic (exact) mass is 263 g/mol. The summed E-state index contributed by atoms with van der Waals surface area (Å²) in [4.78, 5) is 0. The fourth-order valence-corrected chi connectivity index (χ4v) is 1.85. The second kappa shape index (κ2) is 8.65. The summed E-state index contributed by atoms with van der Waals surface area (Å²) >= 11 is 0. The molecule has 0 fully saturated rings. The van der Waals surface area contributed by atoms with Gasteiger partial charge in [0.15, 0.2) is 6.10 Å². The molecule has 0 radical (unpaired) electrons. The smallest absolute Gasteiger partial charge is 0.166 e. The van der Waals surface area contributed by atoms with Gasteiger partial charge in [-0.25, -0.2) is 0 Å². The number of hydrogen-bond donors (Lipinski definition) is 1. The molecule has 1 N–H and O–H groups in total. The normalized spacial score (nSPS) is 15.5. The molecule has 3 atom stereocenters. The van der Waals surface area contributed by atoms with Crippen LogP contribution in [0.25, 0.3) is 0 Å². The summed E-state index contributed by atoms with van der Waals surface area (Å²) < 4.78 is 10.7. The molecule has 0 heterocycles. The second-order valence-electron chi connectivity index (χ2n) is 4.69. The molecule has 1 aromatic rings. The summed E-state index contributed by atoms with van der Waals surface area (Å²) in [6, 6.07) is 11.8. The van der Waals surface area contributed by atoms with Gasteiger partial charge in [-0.15, -0.1) is 0 Å². The first-order valence-electron chi connectivity index (χ1n) is 6.39. The van der Waals surface area contributed by atoms with Crippen molar-refractivity contribution in [3.63, 3.8) is 0 Å². The second-order valence-corrected chi connectivity index (χ2v) is 4.69. The number of rotatable bonds is 8. The zero-order chi connectivity index (χ0) is 14.1. The summed E-state index contributed by atoms with van der Waals surface area (Å²) in [5.41, 5.74) is 1.13. The van der Waals surface area contributed by atoms with Crippen molar-refractivity contribution in [3.05, 3.63) is 35.9 Å². The maximum absolute atomic E-state index is 9.44. The summed E-state index contributed by atoms with van der Waals surface area (Å²) in [7, 11) is 1.50. The highest BCUT2D eigenvalue weighted by Crippen LogP contribution is 2.13. The molecule has 104 valence electrons. The van der Waals surface area contributed by atoms with Crippen molar-refractivity contribution in [2.24, 2.45) is 5.92 Å². The predicted molar refractivity (Wildman–Crippen MR) is 72.3 cm³/mol. The Bertz CT molecular complexity index is 388. The SMILES string of the molecule is CO[C@@H](CC(C)COCc1ccccc1)[C@@H](O)C#N. The quantitative estimate of drug-likeness (QED) is 0.730. The molecule has 0 amide bonds. The lowest BCUT2D eigenvalue weighted by atomic mass is 10.0. The summed E-state index contributed by atoms with van der Waals surface area (Å²) in [6.07, 6.45) is -0.943. The Labute approximate surface area is 114 Å². The van der Waals surface area contributed by atoms with Crippen LogP contribution in [0.1, 0.15) is 18.9 Å². The highest BCUT2D eigenvalue weighted by molar-refractivity contribution is 5.13. The van der Waals surface area contributed by atoms with E-state index in [1.165, 1.54) is 7.11 Å². The zero-order valence-electron chi connectivity index (χ0n) is 11.5. The van der Waals surface area contributed by atoms with Crippen LogP contribution in [0.3, 0.4) is 0 Å². The van der Waals surface area contributed by atoms with E-state index in [1.54, 1.807) is 6.07 Å². The Hall–Kier alpha value is -1.41. The van der Waals surface area contributed by atoms with E-state index in [2.05, 4.69) is 0 Å². The predicted octanol–water partition coefficient (Wildman–Crippen LogP) is 2.13. The van der Waals surface area contributed by atoms with Crippen molar-refractivity contribution in [2.75, 3.05) is 13.7 Å². The molecule has 4 heteroatoms. The van der Waals surface area contributed by atoms with Crippen LogP contribution >= 0.6 is 0 Å². The Morgan fingerprint density at radius 3 is 2.58 bits per heavy atom. The van der Waals surface area contributed by atoms with Crippen molar-refractivity contribution < 1.29 is 14.6 Å². The maximum atomic E-state index is 9.44. The highest BCUT2D eigenvalue weighted by Gasteiger charge is 2.20. The van der Waals surface area contributed by atoms with E-state index in [4.69, 9.17) is 14.7 Å². The van der Waals surface area contributed by atoms with E-state index in [0.717, 1.165) is 5.56 Å². The Morgan fingerprint density at radius 2 is 2.00 bits per heavy atom. The van der Waals surface area contributed by atoms with Gasteiger partial charge in [-0.05, 0) is 17.9 Å². The molecule has 1 aromatic carbocycles. The van der Waals surface area contributed by atoms with E-state index >= 15 is 0 Å². The number of hydrogen-bond acceptors (Lipinski definition) is 4. The molecule has 0 aromatic heterocycles. The number of benzene rings is 1. The van der Waals surface area contributed by atoms with Gasteiger partial charge in [0.2, 0.25) is 0 Å². The van der Waals surface area contributed by atoms with Crippen LogP contribution < -0.4 is 0 Å². The van der Waals surface area contributed by atoms with Gasteiger partial charge in [-0.1, -0.05) is 37.3 Å². The molecule has 0 bridgehead atoms. The van der Waals surface area contributed by atoms with Crippen LogP contribution in [0, 0.1) is 17.2 Å². The summed E-state index contributed by atoms with van der Waals surface area (Å²) in [6.45, 7) is 3.16. The van der Waals surface area contributed by atoms with Crippen molar-refractivity contribution in [1.82, 2.24) is 0 Å². The standard InChI is InChI=1S/C15H21NO3/c1-12(8-15(18-2)14(17)9-16)10-19-11-13-6-4-3-5-7-13/h3-7,12,14-15,17H,8,10-11H2,1-2H3/t12?,14-,15-/m0/s1. The molecular formula is C15H21NO3. The highest BCUT2D eigenvalue weighted by atomic mass is 16.5. The Kier molecular flexibility index (Phi) is 7.12. The minimum Gasteiger partial charge on any atom is -0.378 e. The lowest BCUT2D eigenvalue weighted by Crippen LogP contribution is -2.29. The van der Waals surface area contributed by atoms with Gasteiger partial charge < -0.3 is 14.6 Å². The fraction of sp³-hybridized carbons (Fsp3) is 0.533. The van der Waals surface area contributed by atoms with E-state index in [-0.39, 0.29) is 5.92 Å². The van der Waals surface area contributed by atoms with Gasteiger partial charge in [0.25, 0.3) is 0 Å². The van der Waals surface area contributed by atoms with Gasteiger partial charge >= 0.3 is 0 Å². The molecule has 0 aliphatic carbocycles. The van der Waals surface area contributed by atoms with Crippen LogP contribution in [0.2, 0.25) is 0 Å². The van der Waals surface area contributed by atoms with Crippen LogP contribution in [0.4, 0.5) is 0 Å². The number of aliphatic hydroxyl groups is 1. The third-order valence-corrected chi connectivity index (χ3v) is 2.94. The van der Waals surface area contributed by atoms with Gasteiger partial charge in [-0.3, -0.25) is 0 Å². The van der Waals surface area contributed by atoms with E-state index in [0.29, 0.717) is 19.6 Å². The van der Waals surface area contributed by atoms with Crippen LogP contribution in [0.15, 0.2) is 30.3 Å². The minimum absolute atomic E-state index is 0.219. The molecule has 0 spiro atoms. The van der Waals surface area contributed by atoms with E-state index < -0.39 is 12.2 Å². The number of methoxy groups -OCH3 is 1. The Balaban J connectivity index is 2.27. The molecule has 19 heavy (non-hydrogen) atoms. The van der Waals surface area contributed by atoms with Crippen molar-refractivity contribution in [2.45, 2.75) is 32.2 Å². The molecular weight excluding hydrogens is 242 g/mol. The fourth-order valence-electron chi connectivity index (χ4n) is 1.85. The molecule has 0 aliphatic rings. The third-order valence-electron chi connectivity index (χ3n) is 2.94. The van der Waals surface area contributed by atoms with Crippen LogP contribution in [0.5, 0.6) is 0 Å². The molecule has 0 saturated heterocycles. The van der Waals surface area contributed by atoms with Crippen LogP contribution in [-0.4, -0.2) is 31.0 Å². The van der Waals surface area contributed by atoms with Crippen molar-refractivity contribution in [3.8, 4) is 6.07 Å². The van der Waals surface area contributed by atoms with Gasteiger partial charge in [0.05, 0.1) is 18.8 Å². The van der Waals surface area contributed by atoms with E-state index in [1.807, 2.05) is 37.3 Å². The van der Waals surface area contributed by atoms with E-state index in [9.17, 15) is 5.11 Å². The minimum atomic E-state index is -1.08. The number of aliphatic hydroxyl groups excluding tert-OH is 1. The number of nitriles is 1. The topological polar surface area (TPSA) is 62.5 Å². The molecule has 1 unspecified atom stereocenters. The lowest BCUT2D eigenvalue weighted by molar-refractivity contribution is -0.00982. The summed E-state index contributed by atoms with van der Waals surface area (Å²) in [5, 5.41) is 18.1. The zero-order valence-corrected chi connectivity index (χ0v) is 11.5. The van der Waals surface area contributed by atoms with Crippen molar-refractivity contribution in [1.29, 1.82) is 5.26 Å². The maximum Gasteiger partial charge on any atom is 0.166 e. The first-order valence-corrected chi connectivity index (χ1v) is 6.39. The molecule has 4 nitrogen and oxygen atoms in total. The summed E-state index contributed by atoms with van der Waals surface area (Å²) in [5.74, 6) is 0.219. The van der Waals surface area contributed by atoms with Gasteiger partial charge in [0, 0.05) is 13.7 Å². The largest absolute Gasteiger partial charge is 0.378 e. The van der Waals surface area contributed by atoms with Crippen LogP contribution in [-0.2, 0) is 16.1 Å². The first kappa shape index (κ1) is 15.6. The van der Waals surface area contributed by atoms with Gasteiger partial charge in [-0.2, -0.15) is 5.26 Å². The number of nitrogens with zero attached hydrogens (tertiary/aromatic N) is 1. The Morgan fingerprint density at radius 1 is 1.32 bits per heavy atom.